The Morgan fingerprint density at radius 2 is 2.22 bits per heavy atom. The van der Waals surface area contributed by atoms with Crippen molar-refractivity contribution in [3.05, 3.63) is 23.2 Å². The minimum Gasteiger partial charge on any atom is -0.495 e. The summed E-state index contributed by atoms with van der Waals surface area (Å²) in [5.74, 6) is 3.60. The van der Waals surface area contributed by atoms with Crippen LogP contribution in [0, 0.1) is 17.8 Å². The zero-order valence-electron chi connectivity index (χ0n) is 10.8. The van der Waals surface area contributed by atoms with E-state index in [0.717, 1.165) is 35.7 Å². The van der Waals surface area contributed by atoms with Gasteiger partial charge in [0.15, 0.2) is 0 Å². The summed E-state index contributed by atoms with van der Waals surface area (Å²) in [5, 5.41) is 4.20. The van der Waals surface area contributed by atoms with Crippen molar-refractivity contribution in [2.75, 3.05) is 19.0 Å². The van der Waals surface area contributed by atoms with Gasteiger partial charge < -0.3 is 10.1 Å². The van der Waals surface area contributed by atoms with Gasteiger partial charge in [0.05, 0.1) is 12.1 Å². The van der Waals surface area contributed by atoms with Gasteiger partial charge in [-0.25, -0.2) is 0 Å². The van der Waals surface area contributed by atoms with Gasteiger partial charge in [-0.3, -0.25) is 0 Å². The van der Waals surface area contributed by atoms with Crippen LogP contribution in [-0.2, 0) is 0 Å². The number of nitrogens with one attached hydrogen (secondary N) is 1. The molecule has 0 heterocycles. The lowest BCUT2D eigenvalue weighted by atomic mass is 9.89. The second-order valence-electron chi connectivity index (χ2n) is 5.67. The fourth-order valence-corrected chi connectivity index (χ4v) is 3.84. The van der Waals surface area contributed by atoms with Crippen LogP contribution in [0.5, 0.6) is 5.75 Å². The third kappa shape index (κ3) is 2.31. The lowest BCUT2D eigenvalue weighted by molar-refractivity contribution is 0.348. The Hall–Kier alpha value is -0.890. The molecule has 3 unspecified atom stereocenters. The van der Waals surface area contributed by atoms with Gasteiger partial charge in [0.25, 0.3) is 0 Å². The molecule has 0 aromatic heterocycles. The maximum Gasteiger partial charge on any atom is 0.139 e. The molecule has 0 aliphatic heterocycles. The van der Waals surface area contributed by atoms with E-state index >= 15 is 0 Å². The minimum atomic E-state index is 0.669. The largest absolute Gasteiger partial charge is 0.495 e. The first-order valence-electron chi connectivity index (χ1n) is 6.83. The van der Waals surface area contributed by atoms with Gasteiger partial charge in [0.1, 0.15) is 5.75 Å². The van der Waals surface area contributed by atoms with Crippen LogP contribution in [0.15, 0.2) is 18.2 Å². The van der Waals surface area contributed by atoms with Crippen molar-refractivity contribution in [3.63, 3.8) is 0 Å². The van der Waals surface area contributed by atoms with Crippen molar-refractivity contribution in [3.8, 4) is 5.75 Å². The minimum absolute atomic E-state index is 0.669. The van der Waals surface area contributed by atoms with Crippen molar-refractivity contribution < 1.29 is 4.74 Å². The van der Waals surface area contributed by atoms with E-state index in [-0.39, 0.29) is 0 Å². The molecule has 2 bridgehead atoms. The van der Waals surface area contributed by atoms with E-state index in [1.807, 2.05) is 18.2 Å². The second-order valence-corrected chi connectivity index (χ2v) is 6.07. The number of hydrogen-bond acceptors (Lipinski definition) is 2. The summed E-state index contributed by atoms with van der Waals surface area (Å²) in [5.41, 5.74) is 1.11. The van der Waals surface area contributed by atoms with Gasteiger partial charge in [0, 0.05) is 18.3 Å². The molecule has 2 aliphatic carbocycles. The number of ether oxygens (including phenoxy) is 1. The van der Waals surface area contributed by atoms with E-state index < -0.39 is 0 Å². The Kier molecular flexibility index (Phi) is 3.38. The van der Waals surface area contributed by atoms with Crippen molar-refractivity contribution >= 4 is 17.3 Å². The predicted molar refractivity (Wildman–Crippen MR) is 75.4 cm³/mol. The summed E-state index contributed by atoms with van der Waals surface area (Å²) < 4.78 is 5.23. The highest BCUT2D eigenvalue weighted by molar-refractivity contribution is 6.32. The molecular weight excluding hydrogens is 246 g/mol. The maximum absolute atomic E-state index is 6.02. The highest BCUT2D eigenvalue weighted by atomic mass is 35.5. The van der Waals surface area contributed by atoms with Crippen LogP contribution in [0.1, 0.15) is 25.7 Å². The molecule has 2 saturated carbocycles. The summed E-state index contributed by atoms with van der Waals surface area (Å²) in [6, 6.07) is 5.90. The average molecular weight is 266 g/mol. The third-order valence-electron chi connectivity index (χ3n) is 4.60. The summed E-state index contributed by atoms with van der Waals surface area (Å²) in [7, 11) is 1.65. The van der Waals surface area contributed by atoms with Gasteiger partial charge in [-0.1, -0.05) is 18.0 Å². The number of benzene rings is 1. The molecule has 0 saturated heterocycles. The first kappa shape index (κ1) is 12.2. The fourth-order valence-electron chi connectivity index (χ4n) is 3.65. The Morgan fingerprint density at radius 3 is 2.89 bits per heavy atom. The molecule has 3 heteroatoms. The fraction of sp³-hybridized carbons (Fsp3) is 0.600. The molecule has 1 aromatic carbocycles. The van der Waals surface area contributed by atoms with Crippen LogP contribution in [0.2, 0.25) is 5.02 Å². The van der Waals surface area contributed by atoms with E-state index in [2.05, 4.69) is 5.32 Å². The second kappa shape index (κ2) is 5.00. The van der Waals surface area contributed by atoms with Gasteiger partial charge in [-0.2, -0.15) is 0 Å². The molecule has 1 aromatic rings. The highest BCUT2D eigenvalue weighted by Gasteiger charge is 2.38. The van der Waals surface area contributed by atoms with Crippen LogP contribution < -0.4 is 10.1 Å². The molecule has 0 radical (unpaired) electrons. The van der Waals surface area contributed by atoms with Gasteiger partial charge in [0.2, 0.25) is 0 Å². The van der Waals surface area contributed by atoms with E-state index in [0.29, 0.717) is 5.02 Å². The van der Waals surface area contributed by atoms with E-state index in [1.54, 1.807) is 7.11 Å². The Balaban J connectivity index is 1.60. The number of fused-ring (bicyclic) bond motifs is 2. The number of halogens is 1. The summed E-state index contributed by atoms with van der Waals surface area (Å²) in [6.07, 6.45) is 5.80. The molecule has 0 spiro atoms. The van der Waals surface area contributed by atoms with Crippen LogP contribution in [0.3, 0.4) is 0 Å². The number of hydrogen-bond donors (Lipinski definition) is 1. The first-order chi connectivity index (χ1) is 8.76. The molecule has 2 nitrogen and oxygen atoms in total. The predicted octanol–water partition coefficient (Wildman–Crippen LogP) is 4.20. The SMILES string of the molecule is COc1cc(NCC2CC3CCC2C3)ccc1Cl. The summed E-state index contributed by atoms with van der Waals surface area (Å²) in [6.45, 7) is 1.09. The normalized spacial score (nSPS) is 29.6. The summed E-state index contributed by atoms with van der Waals surface area (Å²) >= 11 is 6.02. The zero-order valence-corrected chi connectivity index (χ0v) is 11.5. The maximum atomic E-state index is 6.02. The number of methoxy groups -OCH3 is 1. The van der Waals surface area contributed by atoms with Gasteiger partial charge >= 0.3 is 0 Å². The van der Waals surface area contributed by atoms with E-state index in [9.17, 15) is 0 Å². The topological polar surface area (TPSA) is 21.3 Å². The lowest BCUT2D eigenvalue weighted by Crippen LogP contribution is -2.20. The number of anilines is 1. The van der Waals surface area contributed by atoms with E-state index in [1.165, 1.54) is 25.7 Å². The van der Waals surface area contributed by atoms with Crippen molar-refractivity contribution in [2.24, 2.45) is 17.8 Å². The van der Waals surface area contributed by atoms with Crippen molar-refractivity contribution in [1.82, 2.24) is 0 Å². The molecule has 98 valence electrons. The molecule has 18 heavy (non-hydrogen) atoms. The molecule has 0 amide bonds. The van der Waals surface area contributed by atoms with Gasteiger partial charge in [-0.05, 0) is 49.1 Å². The van der Waals surface area contributed by atoms with Crippen LogP contribution >= 0.6 is 11.6 Å². The molecule has 1 N–H and O–H groups in total. The highest BCUT2D eigenvalue weighted by Crippen LogP contribution is 2.48. The molecule has 2 fully saturated rings. The average Bonchev–Trinajstić information content (AvgIpc) is 3.00. The van der Waals surface area contributed by atoms with Crippen molar-refractivity contribution in [2.45, 2.75) is 25.7 Å². The van der Waals surface area contributed by atoms with Crippen molar-refractivity contribution in [1.29, 1.82) is 0 Å². The summed E-state index contributed by atoms with van der Waals surface area (Å²) in [4.78, 5) is 0. The molecular formula is C15H20ClNO. The Labute approximate surface area is 114 Å². The van der Waals surface area contributed by atoms with Crippen LogP contribution in [-0.4, -0.2) is 13.7 Å². The van der Waals surface area contributed by atoms with Crippen LogP contribution in [0.4, 0.5) is 5.69 Å². The lowest BCUT2D eigenvalue weighted by Gasteiger charge is -2.22. The Bertz CT molecular complexity index is 435. The first-order valence-corrected chi connectivity index (χ1v) is 7.21. The van der Waals surface area contributed by atoms with Gasteiger partial charge in [-0.15, -0.1) is 0 Å². The van der Waals surface area contributed by atoms with E-state index in [4.69, 9.17) is 16.3 Å². The quantitative estimate of drug-likeness (QED) is 0.881. The zero-order chi connectivity index (χ0) is 12.5. The molecule has 3 atom stereocenters. The smallest absolute Gasteiger partial charge is 0.139 e. The molecule has 3 rings (SSSR count). The standard InChI is InChI=1S/C15H20ClNO/c1-18-15-8-13(4-5-14(15)16)17-9-12-7-10-2-3-11(12)6-10/h4-5,8,10-12,17H,2-3,6-7,9H2,1H3. The monoisotopic (exact) mass is 265 g/mol. The third-order valence-corrected chi connectivity index (χ3v) is 4.92. The van der Waals surface area contributed by atoms with Crippen LogP contribution in [0.25, 0.3) is 0 Å². The number of rotatable bonds is 4. The molecule has 2 aliphatic rings. The Morgan fingerprint density at radius 1 is 1.33 bits per heavy atom.